The minimum atomic E-state index is -0.360. The fraction of sp³-hybridized carbons (Fsp3) is 0.562. The van der Waals surface area contributed by atoms with Gasteiger partial charge in [-0.3, -0.25) is 4.79 Å². The maximum absolute atomic E-state index is 12.3. The number of amides is 1. The van der Waals surface area contributed by atoms with Gasteiger partial charge in [0.1, 0.15) is 0 Å². The number of carbonyl (C=O) groups excluding carboxylic acids is 1. The number of hydrogen-bond donors (Lipinski definition) is 2. The highest BCUT2D eigenvalue weighted by Gasteiger charge is 2.30. The highest BCUT2D eigenvalue weighted by Crippen LogP contribution is 2.24. The zero-order valence-corrected chi connectivity index (χ0v) is 12.7. The molecule has 0 spiro atoms. The summed E-state index contributed by atoms with van der Waals surface area (Å²) in [6.07, 6.45) is -0.360. The molecule has 2 N–H and O–H groups in total. The topological polar surface area (TPSA) is 52.6 Å². The first-order chi connectivity index (χ1) is 9.28. The van der Waals surface area contributed by atoms with Crippen molar-refractivity contribution in [3.05, 3.63) is 29.3 Å². The number of nitrogens with one attached hydrogen (secondary N) is 1. The van der Waals surface area contributed by atoms with E-state index >= 15 is 0 Å². The maximum atomic E-state index is 12.3. The number of rotatable bonds is 3. The van der Waals surface area contributed by atoms with Crippen molar-refractivity contribution >= 4 is 11.6 Å². The fourth-order valence-corrected chi connectivity index (χ4v) is 2.21. The Labute approximate surface area is 120 Å². The predicted octanol–water partition coefficient (Wildman–Crippen LogP) is 2.27. The van der Waals surface area contributed by atoms with Gasteiger partial charge < -0.3 is 15.3 Å². The second-order valence-corrected chi connectivity index (χ2v) is 6.76. The Hall–Kier alpha value is -1.55. The lowest BCUT2D eigenvalue weighted by Gasteiger charge is -2.36. The number of benzene rings is 1. The van der Waals surface area contributed by atoms with Crippen LogP contribution in [0.2, 0.25) is 0 Å². The molecule has 1 amide bonds. The van der Waals surface area contributed by atoms with E-state index in [0.717, 1.165) is 23.4 Å². The molecule has 0 aliphatic carbocycles. The van der Waals surface area contributed by atoms with Crippen molar-refractivity contribution in [2.24, 2.45) is 5.41 Å². The number of β-amino-alcohol motifs (C(OH)–C–C–N with tert-alkyl or cyclic N) is 1. The molecule has 0 unspecified atom stereocenters. The van der Waals surface area contributed by atoms with Crippen LogP contribution in [0.3, 0.4) is 0 Å². The molecule has 1 heterocycles. The predicted molar refractivity (Wildman–Crippen MR) is 81.0 cm³/mol. The van der Waals surface area contributed by atoms with Crippen LogP contribution in [0.1, 0.15) is 36.7 Å². The van der Waals surface area contributed by atoms with Crippen molar-refractivity contribution < 1.29 is 9.90 Å². The van der Waals surface area contributed by atoms with Gasteiger partial charge in [0.05, 0.1) is 6.10 Å². The Morgan fingerprint density at radius 1 is 1.40 bits per heavy atom. The van der Waals surface area contributed by atoms with Crippen LogP contribution in [0, 0.1) is 12.3 Å². The molecule has 0 bridgehead atoms. The van der Waals surface area contributed by atoms with Gasteiger partial charge in [0, 0.05) is 30.9 Å². The molecule has 110 valence electrons. The van der Waals surface area contributed by atoms with E-state index in [9.17, 15) is 9.90 Å². The van der Waals surface area contributed by atoms with E-state index in [1.807, 2.05) is 25.1 Å². The van der Waals surface area contributed by atoms with Gasteiger partial charge in [0.15, 0.2) is 0 Å². The number of likely N-dealkylation sites (tertiary alicyclic amines) is 1. The average Bonchev–Trinajstić information content (AvgIpc) is 2.32. The largest absolute Gasteiger partial charge is 0.389 e. The lowest BCUT2D eigenvalue weighted by Crippen LogP contribution is -2.53. The van der Waals surface area contributed by atoms with Crippen LogP contribution in [0.25, 0.3) is 0 Å². The number of anilines is 1. The summed E-state index contributed by atoms with van der Waals surface area (Å²) in [6, 6.07) is 5.76. The molecule has 20 heavy (non-hydrogen) atoms. The lowest BCUT2D eigenvalue weighted by molar-refractivity contribution is 0.00585. The molecule has 0 aromatic heterocycles. The second kappa shape index (κ2) is 5.44. The highest BCUT2D eigenvalue weighted by molar-refractivity contribution is 5.97. The van der Waals surface area contributed by atoms with Crippen molar-refractivity contribution in [1.82, 2.24) is 4.90 Å². The van der Waals surface area contributed by atoms with Gasteiger partial charge in [0.25, 0.3) is 5.91 Å². The molecule has 4 heteroatoms. The van der Waals surface area contributed by atoms with Crippen LogP contribution >= 0.6 is 0 Å². The standard InChI is InChI=1S/C16H24N2O2/c1-11-13(15(20)18-8-12(19)9-18)6-5-7-14(11)17-10-16(2,3)4/h5-7,12,17,19H,8-10H2,1-4H3. The van der Waals surface area contributed by atoms with E-state index in [2.05, 4.69) is 26.1 Å². The zero-order chi connectivity index (χ0) is 14.9. The summed E-state index contributed by atoms with van der Waals surface area (Å²) in [5, 5.41) is 12.7. The molecule has 2 rings (SSSR count). The summed E-state index contributed by atoms with van der Waals surface area (Å²) >= 11 is 0. The Morgan fingerprint density at radius 2 is 2.05 bits per heavy atom. The number of nitrogens with zero attached hydrogens (tertiary/aromatic N) is 1. The first kappa shape index (κ1) is 14.9. The molecule has 1 aromatic rings. The number of aliphatic hydroxyl groups excluding tert-OH is 1. The number of aliphatic hydroxyl groups is 1. The first-order valence-corrected chi connectivity index (χ1v) is 7.09. The van der Waals surface area contributed by atoms with Crippen LogP contribution in [-0.4, -0.2) is 41.7 Å². The van der Waals surface area contributed by atoms with Gasteiger partial charge in [0.2, 0.25) is 0 Å². The Morgan fingerprint density at radius 3 is 2.60 bits per heavy atom. The normalized spacial score (nSPS) is 15.9. The van der Waals surface area contributed by atoms with E-state index in [-0.39, 0.29) is 17.4 Å². The van der Waals surface area contributed by atoms with E-state index in [1.54, 1.807) is 4.90 Å². The molecule has 1 fully saturated rings. The summed E-state index contributed by atoms with van der Waals surface area (Å²) in [5.41, 5.74) is 2.89. The summed E-state index contributed by atoms with van der Waals surface area (Å²) < 4.78 is 0. The molecule has 0 saturated carbocycles. The average molecular weight is 276 g/mol. The molecule has 1 aromatic carbocycles. The molecular formula is C16H24N2O2. The van der Waals surface area contributed by atoms with Crippen molar-refractivity contribution in [3.8, 4) is 0 Å². The first-order valence-electron chi connectivity index (χ1n) is 7.09. The summed E-state index contributed by atoms with van der Waals surface area (Å²) in [7, 11) is 0. The van der Waals surface area contributed by atoms with Gasteiger partial charge in [-0.1, -0.05) is 26.8 Å². The minimum Gasteiger partial charge on any atom is -0.389 e. The third-order valence-corrected chi connectivity index (χ3v) is 3.52. The third kappa shape index (κ3) is 3.31. The van der Waals surface area contributed by atoms with Gasteiger partial charge in [-0.05, 0) is 30.0 Å². The molecule has 1 saturated heterocycles. The van der Waals surface area contributed by atoms with Crippen LogP contribution < -0.4 is 5.32 Å². The fourth-order valence-electron chi connectivity index (χ4n) is 2.21. The van der Waals surface area contributed by atoms with E-state index < -0.39 is 0 Å². The lowest BCUT2D eigenvalue weighted by atomic mass is 9.96. The van der Waals surface area contributed by atoms with Crippen molar-refractivity contribution in [3.63, 3.8) is 0 Å². The molecule has 0 atom stereocenters. The molecule has 0 radical (unpaired) electrons. The number of carbonyl (C=O) groups is 1. The van der Waals surface area contributed by atoms with Crippen LogP contribution in [0.15, 0.2) is 18.2 Å². The zero-order valence-electron chi connectivity index (χ0n) is 12.7. The van der Waals surface area contributed by atoms with Gasteiger partial charge in [-0.2, -0.15) is 0 Å². The smallest absolute Gasteiger partial charge is 0.254 e. The van der Waals surface area contributed by atoms with Crippen molar-refractivity contribution in [2.75, 3.05) is 25.0 Å². The van der Waals surface area contributed by atoms with Gasteiger partial charge in [-0.25, -0.2) is 0 Å². The SMILES string of the molecule is Cc1c(NCC(C)(C)C)cccc1C(=O)N1CC(O)C1. The van der Waals surface area contributed by atoms with Gasteiger partial charge >= 0.3 is 0 Å². The van der Waals surface area contributed by atoms with Crippen molar-refractivity contribution in [1.29, 1.82) is 0 Å². The van der Waals surface area contributed by atoms with E-state index in [1.165, 1.54) is 0 Å². The van der Waals surface area contributed by atoms with Crippen LogP contribution in [0.5, 0.6) is 0 Å². The van der Waals surface area contributed by atoms with E-state index in [0.29, 0.717) is 13.1 Å². The molecular weight excluding hydrogens is 252 g/mol. The van der Waals surface area contributed by atoms with Gasteiger partial charge in [-0.15, -0.1) is 0 Å². The van der Waals surface area contributed by atoms with Crippen LogP contribution in [-0.2, 0) is 0 Å². The summed E-state index contributed by atoms with van der Waals surface area (Å²) in [5.74, 6) is 0.00667. The monoisotopic (exact) mass is 276 g/mol. The molecule has 1 aliphatic heterocycles. The Bertz CT molecular complexity index is 500. The summed E-state index contributed by atoms with van der Waals surface area (Å²) in [4.78, 5) is 14.0. The summed E-state index contributed by atoms with van der Waals surface area (Å²) in [6.45, 7) is 10.2. The highest BCUT2D eigenvalue weighted by atomic mass is 16.3. The number of hydrogen-bond acceptors (Lipinski definition) is 3. The minimum absolute atomic E-state index is 0.00667. The molecule has 1 aliphatic rings. The second-order valence-electron chi connectivity index (χ2n) is 6.76. The third-order valence-electron chi connectivity index (χ3n) is 3.52. The Balaban J connectivity index is 2.13. The Kier molecular flexibility index (Phi) is 4.04. The van der Waals surface area contributed by atoms with Crippen LogP contribution in [0.4, 0.5) is 5.69 Å². The molecule has 4 nitrogen and oxygen atoms in total. The maximum Gasteiger partial charge on any atom is 0.254 e. The van der Waals surface area contributed by atoms with E-state index in [4.69, 9.17) is 0 Å². The quantitative estimate of drug-likeness (QED) is 0.890. The van der Waals surface area contributed by atoms with Crippen molar-refractivity contribution in [2.45, 2.75) is 33.8 Å².